The molecule has 0 saturated heterocycles. The molecular formula is C9H24O7Si2. The molecule has 0 N–H and O–H groups in total. The SMILES string of the molecule is CCO[Si](OCC)(OCC)O[Si](OC)(OC)OC. The molecule has 0 saturated carbocycles. The Morgan fingerprint density at radius 3 is 1.17 bits per heavy atom. The zero-order valence-electron chi connectivity index (χ0n) is 12.0. The van der Waals surface area contributed by atoms with E-state index in [0.717, 1.165) is 0 Å². The Kier molecular flexibility index (Phi) is 9.20. The molecule has 0 amide bonds. The first kappa shape index (κ1) is 18.2. The first-order chi connectivity index (χ1) is 8.57. The normalized spacial score (nSPS) is 13.0. The van der Waals surface area contributed by atoms with Gasteiger partial charge in [0.15, 0.2) is 0 Å². The fourth-order valence-corrected chi connectivity index (χ4v) is 6.01. The lowest BCUT2D eigenvalue weighted by Crippen LogP contribution is -2.61. The van der Waals surface area contributed by atoms with Crippen molar-refractivity contribution in [3.8, 4) is 0 Å². The van der Waals surface area contributed by atoms with Gasteiger partial charge in [-0.1, -0.05) is 0 Å². The van der Waals surface area contributed by atoms with E-state index in [9.17, 15) is 0 Å². The first-order valence-electron chi connectivity index (χ1n) is 5.85. The zero-order chi connectivity index (χ0) is 14.1. The van der Waals surface area contributed by atoms with Gasteiger partial charge in [0.1, 0.15) is 0 Å². The maximum atomic E-state index is 5.74. The second kappa shape index (κ2) is 9.12. The summed E-state index contributed by atoms with van der Waals surface area (Å²) in [6.45, 7) is 6.69. The number of hydrogen-bond acceptors (Lipinski definition) is 7. The van der Waals surface area contributed by atoms with Gasteiger partial charge < -0.3 is 30.7 Å². The van der Waals surface area contributed by atoms with Crippen molar-refractivity contribution in [3.63, 3.8) is 0 Å². The highest BCUT2D eigenvalue weighted by Gasteiger charge is 2.58. The molecule has 0 heterocycles. The summed E-state index contributed by atoms with van der Waals surface area (Å²) < 4.78 is 37.9. The topological polar surface area (TPSA) is 64.6 Å². The van der Waals surface area contributed by atoms with Crippen LogP contribution >= 0.6 is 0 Å². The first-order valence-corrected chi connectivity index (χ1v) is 9.11. The van der Waals surface area contributed by atoms with Crippen LogP contribution in [0.15, 0.2) is 0 Å². The Bertz CT molecular complexity index is 188. The lowest BCUT2D eigenvalue weighted by Gasteiger charge is -2.33. The van der Waals surface area contributed by atoms with Crippen molar-refractivity contribution in [2.45, 2.75) is 20.8 Å². The molecule has 0 aromatic heterocycles. The average molecular weight is 300 g/mol. The van der Waals surface area contributed by atoms with E-state index in [1.54, 1.807) is 0 Å². The van der Waals surface area contributed by atoms with Crippen LogP contribution in [0.25, 0.3) is 0 Å². The Hall–Kier alpha value is 0.154. The molecule has 0 spiro atoms. The van der Waals surface area contributed by atoms with E-state index in [1.807, 2.05) is 20.8 Å². The zero-order valence-corrected chi connectivity index (χ0v) is 14.0. The molecule has 0 atom stereocenters. The van der Waals surface area contributed by atoms with Gasteiger partial charge in [0, 0.05) is 41.2 Å². The molecule has 110 valence electrons. The minimum atomic E-state index is -3.31. The molecule has 0 rings (SSSR count). The number of rotatable bonds is 11. The van der Waals surface area contributed by atoms with E-state index in [0.29, 0.717) is 19.8 Å². The molecule has 0 aromatic carbocycles. The van der Waals surface area contributed by atoms with Crippen molar-refractivity contribution >= 4 is 18.1 Å². The van der Waals surface area contributed by atoms with Gasteiger partial charge in [-0.3, -0.25) is 0 Å². The van der Waals surface area contributed by atoms with Crippen LogP contribution in [-0.4, -0.2) is 59.2 Å². The predicted molar refractivity (Wildman–Crippen MR) is 68.5 cm³/mol. The lowest BCUT2D eigenvalue weighted by molar-refractivity contribution is -0.0455. The molecular weight excluding hydrogens is 276 g/mol. The molecule has 0 radical (unpaired) electrons. The van der Waals surface area contributed by atoms with Gasteiger partial charge in [-0.15, -0.1) is 0 Å². The van der Waals surface area contributed by atoms with E-state index in [1.165, 1.54) is 21.3 Å². The maximum Gasteiger partial charge on any atom is 0.673 e. The molecule has 7 nitrogen and oxygen atoms in total. The van der Waals surface area contributed by atoms with Crippen LogP contribution in [0, 0.1) is 0 Å². The van der Waals surface area contributed by atoms with Crippen molar-refractivity contribution in [1.29, 1.82) is 0 Å². The van der Waals surface area contributed by atoms with Crippen molar-refractivity contribution in [2.24, 2.45) is 0 Å². The van der Waals surface area contributed by atoms with E-state index >= 15 is 0 Å². The Morgan fingerprint density at radius 2 is 0.944 bits per heavy atom. The monoisotopic (exact) mass is 300 g/mol. The molecule has 0 aliphatic carbocycles. The van der Waals surface area contributed by atoms with Gasteiger partial charge >= 0.3 is 18.1 Å². The summed E-state index contributed by atoms with van der Waals surface area (Å²) in [5.74, 6) is 0. The molecule has 0 aromatic rings. The van der Waals surface area contributed by atoms with Gasteiger partial charge in [0.2, 0.25) is 0 Å². The fourth-order valence-electron chi connectivity index (χ4n) is 1.27. The van der Waals surface area contributed by atoms with Crippen molar-refractivity contribution in [1.82, 2.24) is 0 Å². The largest absolute Gasteiger partial charge is 0.673 e. The number of hydrogen-bond donors (Lipinski definition) is 0. The molecule has 0 bridgehead atoms. The minimum Gasteiger partial charge on any atom is -0.355 e. The third kappa shape index (κ3) is 5.03. The Balaban J connectivity index is 5.02. The fraction of sp³-hybridized carbons (Fsp3) is 1.00. The lowest BCUT2D eigenvalue weighted by atomic mass is 10.9. The van der Waals surface area contributed by atoms with E-state index in [4.69, 9.17) is 30.7 Å². The van der Waals surface area contributed by atoms with Gasteiger partial charge in [-0.05, 0) is 20.8 Å². The maximum absolute atomic E-state index is 5.74. The molecule has 9 heteroatoms. The quantitative estimate of drug-likeness (QED) is 0.526. The summed E-state index contributed by atoms with van der Waals surface area (Å²) in [5, 5.41) is 0. The minimum absolute atomic E-state index is 0.397. The van der Waals surface area contributed by atoms with E-state index < -0.39 is 18.1 Å². The highest BCUT2D eigenvalue weighted by Crippen LogP contribution is 2.20. The van der Waals surface area contributed by atoms with Gasteiger partial charge in [0.05, 0.1) is 0 Å². The summed E-state index contributed by atoms with van der Waals surface area (Å²) in [5.41, 5.74) is 0. The molecule has 0 fully saturated rings. The molecule has 0 aliphatic heterocycles. The van der Waals surface area contributed by atoms with Gasteiger partial charge in [-0.2, -0.15) is 0 Å². The van der Waals surface area contributed by atoms with Gasteiger partial charge in [0.25, 0.3) is 0 Å². The van der Waals surface area contributed by atoms with Crippen LogP contribution in [0.1, 0.15) is 20.8 Å². The van der Waals surface area contributed by atoms with Crippen molar-refractivity contribution in [3.05, 3.63) is 0 Å². The van der Waals surface area contributed by atoms with Crippen LogP contribution in [0.4, 0.5) is 0 Å². The summed E-state index contributed by atoms with van der Waals surface area (Å²) in [4.78, 5) is 0. The van der Waals surface area contributed by atoms with E-state index in [-0.39, 0.29) is 0 Å². The summed E-state index contributed by atoms with van der Waals surface area (Å²) >= 11 is 0. The standard InChI is InChI=1S/C9H24O7Si2/c1-7-13-18(14-8-2,15-9-3)16-17(10-4,11-5)12-6/h7-9H2,1-6H3. The molecule has 18 heavy (non-hydrogen) atoms. The summed E-state index contributed by atoms with van der Waals surface area (Å²) in [6, 6.07) is 0. The van der Waals surface area contributed by atoms with Crippen LogP contribution in [-0.2, 0) is 30.7 Å². The summed E-state index contributed by atoms with van der Waals surface area (Å²) in [6.07, 6.45) is 0. The molecule has 0 aliphatic rings. The van der Waals surface area contributed by atoms with Crippen LogP contribution in [0.3, 0.4) is 0 Å². The highest BCUT2D eigenvalue weighted by atomic mass is 28.5. The van der Waals surface area contributed by atoms with Crippen LogP contribution in [0.2, 0.25) is 0 Å². The predicted octanol–water partition coefficient (Wildman–Crippen LogP) is 0.923. The third-order valence-corrected chi connectivity index (χ3v) is 7.39. The van der Waals surface area contributed by atoms with Crippen molar-refractivity contribution in [2.75, 3.05) is 41.2 Å². The highest BCUT2D eigenvalue weighted by molar-refractivity contribution is 6.68. The van der Waals surface area contributed by atoms with Crippen LogP contribution < -0.4 is 0 Å². The summed E-state index contributed by atoms with van der Waals surface area (Å²) in [7, 11) is -2.24. The average Bonchev–Trinajstić information content (AvgIpc) is 2.37. The smallest absolute Gasteiger partial charge is 0.355 e. The third-order valence-electron chi connectivity index (χ3n) is 1.96. The second-order valence-electron chi connectivity index (χ2n) is 3.01. The Morgan fingerprint density at radius 1 is 0.611 bits per heavy atom. The van der Waals surface area contributed by atoms with Crippen LogP contribution in [0.5, 0.6) is 0 Å². The van der Waals surface area contributed by atoms with Gasteiger partial charge in [-0.25, -0.2) is 0 Å². The van der Waals surface area contributed by atoms with E-state index in [2.05, 4.69) is 0 Å². The molecule has 0 unspecified atom stereocenters. The Labute approximate surface area is 111 Å². The van der Waals surface area contributed by atoms with Crippen molar-refractivity contribution < 1.29 is 30.7 Å². The second-order valence-corrected chi connectivity index (χ2v) is 7.92.